The van der Waals surface area contributed by atoms with Crippen molar-refractivity contribution < 1.29 is 17.9 Å². The zero-order valence-corrected chi connectivity index (χ0v) is 17.9. The number of nitrogens with one attached hydrogen (secondary N) is 1. The summed E-state index contributed by atoms with van der Waals surface area (Å²) < 4.78 is 31.3. The Labute approximate surface area is 175 Å². The van der Waals surface area contributed by atoms with E-state index in [9.17, 15) is 13.2 Å². The minimum absolute atomic E-state index is 0.142. The van der Waals surface area contributed by atoms with Gasteiger partial charge in [0.25, 0.3) is 0 Å². The molecule has 9 heteroatoms. The highest BCUT2D eigenvalue weighted by Gasteiger charge is 2.21. The van der Waals surface area contributed by atoms with E-state index in [1.165, 1.54) is 4.31 Å². The number of rotatable bonds is 9. The molecular formula is C19H22Cl2N2O4S. The fourth-order valence-corrected chi connectivity index (χ4v) is 3.85. The quantitative estimate of drug-likeness (QED) is 0.613. The van der Waals surface area contributed by atoms with Gasteiger partial charge >= 0.3 is 0 Å². The normalized spacial score (nSPS) is 11.1. The zero-order valence-electron chi connectivity index (χ0n) is 15.6. The van der Waals surface area contributed by atoms with Gasteiger partial charge < -0.3 is 10.1 Å². The number of hydrogen-bond acceptors (Lipinski definition) is 4. The number of hydrogen-bond donors (Lipinski definition) is 1. The maximum absolute atomic E-state index is 12.3. The zero-order chi connectivity index (χ0) is 20.7. The monoisotopic (exact) mass is 444 g/mol. The molecule has 1 N–H and O–H groups in total. The Hall–Kier alpha value is -1.96. The number of halogens is 2. The summed E-state index contributed by atoms with van der Waals surface area (Å²) in [5, 5.41) is 3.46. The van der Waals surface area contributed by atoms with E-state index in [2.05, 4.69) is 5.32 Å². The van der Waals surface area contributed by atoms with Gasteiger partial charge in [0, 0.05) is 18.7 Å². The van der Waals surface area contributed by atoms with Crippen LogP contribution < -0.4 is 14.4 Å². The SMILES string of the molecule is CCOc1ccccc1N(CCCC(=O)Nc1ccc(Cl)c(Cl)c1)S(C)(=O)=O. The minimum Gasteiger partial charge on any atom is -0.492 e. The summed E-state index contributed by atoms with van der Waals surface area (Å²) in [6.07, 6.45) is 1.61. The van der Waals surface area contributed by atoms with E-state index in [1.807, 2.05) is 6.92 Å². The van der Waals surface area contributed by atoms with Gasteiger partial charge in [-0.3, -0.25) is 9.10 Å². The van der Waals surface area contributed by atoms with Gasteiger partial charge in [-0.25, -0.2) is 8.42 Å². The van der Waals surface area contributed by atoms with Gasteiger partial charge in [0.1, 0.15) is 5.75 Å². The van der Waals surface area contributed by atoms with Gasteiger partial charge in [-0.15, -0.1) is 0 Å². The number of carbonyl (C=O) groups is 1. The number of para-hydroxylation sites is 2. The molecule has 28 heavy (non-hydrogen) atoms. The number of benzene rings is 2. The number of nitrogens with zero attached hydrogens (tertiary/aromatic N) is 1. The molecule has 0 aliphatic rings. The molecule has 0 aliphatic heterocycles. The molecule has 152 valence electrons. The fourth-order valence-electron chi connectivity index (χ4n) is 2.59. The summed E-state index contributed by atoms with van der Waals surface area (Å²) in [4.78, 5) is 12.2. The van der Waals surface area contributed by atoms with Crippen molar-refractivity contribution in [1.82, 2.24) is 0 Å². The minimum atomic E-state index is -3.54. The van der Waals surface area contributed by atoms with E-state index in [0.29, 0.717) is 40.2 Å². The lowest BCUT2D eigenvalue weighted by molar-refractivity contribution is -0.116. The molecule has 6 nitrogen and oxygen atoms in total. The summed E-state index contributed by atoms with van der Waals surface area (Å²) in [7, 11) is -3.54. The number of amides is 1. The third-order valence-electron chi connectivity index (χ3n) is 3.80. The van der Waals surface area contributed by atoms with Crippen LogP contribution in [0.4, 0.5) is 11.4 Å². The highest BCUT2D eigenvalue weighted by molar-refractivity contribution is 7.92. The van der Waals surface area contributed by atoms with E-state index in [0.717, 1.165) is 6.26 Å². The van der Waals surface area contributed by atoms with Crippen LogP contribution in [0, 0.1) is 0 Å². The molecule has 2 aromatic carbocycles. The topological polar surface area (TPSA) is 75.7 Å². The average Bonchev–Trinajstić information content (AvgIpc) is 2.62. The largest absolute Gasteiger partial charge is 0.492 e. The predicted octanol–water partition coefficient (Wildman–Crippen LogP) is 4.58. The Balaban J connectivity index is 2.03. The van der Waals surface area contributed by atoms with Crippen molar-refractivity contribution in [2.24, 2.45) is 0 Å². The molecule has 0 aromatic heterocycles. The number of carbonyl (C=O) groups excluding carboxylic acids is 1. The lowest BCUT2D eigenvalue weighted by atomic mass is 10.2. The molecule has 0 atom stereocenters. The first kappa shape index (κ1) is 22.3. The molecule has 0 saturated carbocycles. The lowest BCUT2D eigenvalue weighted by Crippen LogP contribution is -2.31. The first-order valence-electron chi connectivity index (χ1n) is 8.66. The summed E-state index contributed by atoms with van der Waals surface area (Å²) >= 11 is 11.8. The van der Waals surface area contributed by atoms with Crippen LogP contribution in [-0.2, 0) is 14.8 Å². The highest BCUT2D eigenvalue weighted by Crippen LogP contribution is 2.30. The molecule has 0 unspecified atom stereocenters. The fraction of sp³-hybridized carbons (Fsp3) is 0.316. The molecule has 0 saturated heterocycles. The van der Waals surface area contributed by atoms with Gasteiger partial charge in [-0.2, -0.15) is 0 Å². The summed E-state index contributed by atoms with van der Waals surface area (Å²) in [5.74, 6) is 0.237. The molecule has 0 fully saturated rings. The van der Waals surface area contributed by atoms with Crippen LogP contribution in [0.5, 0.6) is 5.75 Å². The van der Waals surface area contributed by atoms with Gasteiger partial charge in [0.2, 0.25) is 15.9 Å². The Morgan fingerprint density at radius 2 is 1.86 bits per heavy atom. The Morgan fingerprint density at radius 1 is 1.14 bits per heavy atom. The Kier molecular flexibility index (Phi) is 7.98. The van der Waals surface area contributed by atoms with E-state index < -0.39 is 10.0 Å². The van der Waals surface area contributed by atoms with Crippen LogP contribution in [0.25, 0.3) is 0 Å². The number of ether oxygens (including phenoxy) is 1. The van der Waals surface area contributed by atoms with Crippen molar-refractivity contribution in [1.29, 1.82) is 0 Å². The van der Waals surface area contributed by atoms with Crippen molar-refractivity contribution in [3.8, 4) is 5.75 Å². The molecule has 1 amide bonds. The van der Waals surface area contributed by atoms with Crippen LogP contribution in [0.2, 0.25) is 10.0 Å². The van der Waals surface area contributed by atoms with Crippen molar-refractivity contribution in [3.05, 3.63) is 52.5 Å². The number of anilines is 2. The number of sulfonamides is 1. The van der Waals surface area contributed by atoms with Gasteiger partial charge in [-0.1, -0.05) is 35.3 Å². The third kappa shape index (κ3) is 6.29. The standard InChI is InChI=1S/C19H22Cl2N2O4S/c1-3-27-18-8-5-4-7-17(18)23(28(2,25)26)12-6-9-19(24)22-14-10-11-15(20)16(21)13-14/h4-5,7-8,10-11,13H,3,6,9,12H2,1-2H3,(H,22,24). The van der Waals surface area contributed by atoms with Crippen molar-refractivity contribution in [2.75, 3.05) is 29.0 Å². The van der Waals surface area contributed by atoms with Gasteiger partial charge in [-0.05, 0) is 43.7 Å². The molecular weight excluding hydrogens is 423 g/mol. The Bertz CT molecular complexity index is 935. The van der Waals surface area contributed by atoms with E-state index in [4.69, 9.17) is 27.9 Å². The predicted molar refractivity (Wildman–Crippen MR) is 114 cm³/mol. The van der Waals surface area contributed by atoms with Gasteiger partial charge in [0.05, 0.1) is 28.6 Å². The van der Waals surface area contributed by atoms with E-state index in [-0.39, 0.29) is 18.9 Å². The van der Waals surface area contributed by atoms with Gasteiger partial charge in [0.15, 0.2) is 0 Å². The van der Waals surface area contributed by atoms with Crippen LogP contribution in [0.3, 0.4) is 0 Å². The van der Waals surface area contributed by atoms with E-state index >= 15 is 0 Å². The smallest absolute Gasteiger partial charge is 0.232 e. The van der Waals surface area contributed by atoms with E-state index in [1.54, 1.807) is 42.5 Å². The molecule has 0 heterocycles. The first-order valence-corrected chi connectivity index (χ1v) is 11.3. The van der Waals surface area contributed by atoms with Crippen molar-refractivity contribution in [3.63, 3.8) is 0 Å². The molecule has 0 radical (unpaired) electrons. The second kappa shape index (κ2) is 10.0. The second-order valence-electron chi connectivity index (χ2n) is 6.02. The van der Waals surface area contributed by atoms with Crippen LogP contribution >= 0.6 is 23.2 Å². The Morgan fingerprint density at radius 3 is 2.50 bits per heavy atom. The maximum atomic E-state index is 12.3. The first-order chi connectivity index (χ1) is 13.2. The summed E-state index contributed by atoms with van der Waals surface area (Å²) in [5.41, 5.74) is 0.984. The molecule has 2 rings (SSSR count). The van der Waals surface area contributed by atoms with Crippen molar-refractivity contribution >= 4 is 50.5 Å². The lowest BCUT2D eigenvalue weighted by Gasteiger charge is -2.24. The van der Waals surface area contributed by atoms with Crippen molar-refractivity contribution in [2.45, 2.75) is 19.8 Å². The molecule has 0 aliphatic carbocycles. The molecule has 0 bridgehead atoms. The summed E-state index contributed by atoms with van der Waals surface area (Å²) in [6.45, 7) is 2.40. The summed E-state index contributed by atoms with van der Waals surface area (Å²) in [6, 6.07) is 11.7. The van der Waals surface area contributed by atoms with Crippen LogP contribution in [0.1, 0.15) is 19.8 Å². The average molecular weight is 445 g/mol. The third-order valence-corrected chi connectivity index (χ3v) is 5.72. The molecule has 2 aromatic rings. The van der Waals surface area contributed by atoms with Crippen LogP contribution in [-0.4, -0.2) is 33.7 Å². The molecule has 0 spiro atoms. The highest BCUT2D eigenvalue weighted by atomic mass is 35.5. The van der Waals surface area contributed by atoms with Crippen LogP contribution in [0.15, 0.2) is 42.5 Å². The second-order valence-corrected chi connectivity index (χ2v) is 8.74. The maximum Gasteiger partial charge on any atom is 0.232 e.